The molecule has 186 valence electrons. The van der Waals surface area contributed by atoms with Gasteiger partial charge in [0.2, 0.25) is 5.91 Å². The first-order valence-electron chi connectivity index (χ1n) is 13.2. The molecule has 5 rings (SSSR count). The highest BCUT2D eigenvalue weighted by Crippen LogP contribution is 2.48. The summed E-state index contributed by atoms with van der Waals surface area (Å²) in [7, 11) is 0. The molecule has 0 bridgehead atoms. The molecule has 6 heteroatoms. The molecule has 6 nitrogen and oxygen atoms in total. The number of carbonyl (C=O) groups is 2. The van der Waals surface area contributed by atoms with Crippen molar-refractivity contribution in [2.45, 2.75) is 76.8 Å². The number of nitrogens with zero attached hydrogens (tertiary/aromatic N) is 1. The molecular formula is C29H36N2O4. The zero-order chi connectivity index (χ0) is 24.4. The summed E-state index contributed by atoms with van der Waals surface area (Å²) in [4.78, 5) is 29.5. The van der Waals surface area contributed by atoms with Crippen molar-refractivity contribution in [2.24, 2.45) is 0 Å². The van der Waals surface area contributed by atoms with Gasteiger partial charge in [-0.1, -0.05) is 43.9 Å². The van der Waals surface area contributed by atoms with Crippen LogP contribution in [0.1, 0.15) is 91.4 Å². The van der Waals surface area contributed by atoms with E-state index in [1.807, 2.05) is 55.1 Å². The fourth-order valence-corrected chi connectivity index (χ4v) is 6.07. The van der Waals surface area contributed by atoms with Crippen molar-refractivity contribution in [3.8, 4) is 11.5 Å². The van der Waals surface area contributed by atoms with Gasteiger partial charge in [0.05, 0.1) is 25.2 Å². The molecule has 2 atom stereocenters. The molecule has 2 aromatic carbocycles. The molecule has 0 radical (unpaired) electrons. The van der Waals surface area contributed by atoms with Crippen molar-refractivity contribution in [3.05, 3.63) is 58.7 Å². The molecule has 0 saturated heterocycles. The SMILES string of the molecule is CCOc1cc2c(cc1OCC)C1C(C(=O)NC3CCCCCC3)c3ccccc3C(=O)N1CC2. The predicted octanol–water partition coefficient (Wildman–Crippen LogP) is 5.16. The first-order chi connectivity index (χ1) is 17.1. The van der Waals surface area contributed by atoms with Crippen LogP contribution in [0.3, 0.4) is 0 Å². The van der Waals surface area contributed by atoms with E-state index in [0.717, 1.165) is 54.5 Å². The van der Waals surface area contributed by atoms with Crippen LogP contribution >= 0.6 is 0 Å². The van der Waals surface area contributed by atoms with Crippen molar-refractivity contribution in [1.82, 2.24) is 10.2 Å². The van der Waals surface area contributed by atoms with Gasteiger partial charge >= 0.3 is 0 Å². The summed E-state index contributed by atoms with van der Waals surface area (Å²) >= 11 is 0. The summed E-state index contributed by atoms with van der Waals surface area (Å²) in [5.74, 6) is 0.958. The Balaban J connectivity index is 1.59. The quantitative estimate of drug-likeness (QED) is 0.585. The molecule has 0 aromatic heterocycles. The molecule has 2 unspecified atom stereocenters. The topological polar surface area (TPSA) is 67.9 Å². The van der Waals surface area contributed by atoms with Gasteiger partial charge in [-0.15, -0.1) is 0 Å². The Bertz CT molecular complexity index is 1090. The minimum Gasteiger partial charge on any atom is -0.490 e. The van der Waals surface area contributed by atoms with E-state index in [-0.39, 0.29) is 23.9 Å². The maximum Gasteiger partial charge on any atom is 0.254 e. The lowest BCUT2D eigenvalue weighted by atomic mass is 9.75. The van der Waals surface area contributed by atoms with E-state index in [0.29, 0.717) is 31.1 Å². The van der Waals surface area contributed by atoms with E-state index in [2.05, 4.69) is 5.32 Å². The van der Waals surface area contributed by atoms with Crippen molar-refractivity contribution in [2.75, 3.05) is 19.8 Å². The van der Waals surface area contributed by atoms with Crippen LogP contribution in [0.15, 0.2) is 36.4 Å². The van der Waals surface area contributed by atoms with Gasteiger partial charge in [-0.3, -0.25) is 9.59 Å². The molecule has 1 saturated carbocycles. The highest BCUT2D eigenvalue weighted by atomic mass is 16.5. The average molecular weight is 477 g/mol. The summed E-state index contributed by atoms with van der Waals surface area (Å²) in [6, 6.07) is 11.5. The first kappa shape index (κ1) is 23.7. The summed E-state index contributed by atoms with van der Waals surface area (Å²) < 4.78 is 11.8. The maximum atomic E-state index is 14.0. The highest BCUT2D eigenvalue weighted by Gasteiger charge is 2.47. The lowest BCUT2D eigenvalue weighted by molar-refractivity contribution is -0.125. The largest absolute Gasteiger partial charge is 0.490 e. The molecule has 1 aliphatic carbocycles. The Kier molecular flexibility index (Phi) is 6.98. The van der Waals surface area contributed by atoms with Crippen LogP contribution < -0.4 is 14.8 Å². The van der Waals surface area contributed by atoms with Crippen LogP contribution in [0.4, 0.5) is 0 Å². The number of nitrogens with one attached hydrogen (secondary N) is 1. The Morgan fingerprint density at radius 3 is 2.37 bits per heavy atom. The zero-order valence-electron chi connectivity index (χ0n) is 20.8. The zero-order valence-corrected chi connectivity index (χ0v) is 20.8. The Labute approximate surface area is 208 Å². The number of amides is 2. The first-order valence-corrected chi connectivity index (χ1v) is 13.2. The van der Waals surface area contributed by atoms with E-state index >= 15 is 0 Å². The molecule has 1 fully saturated rings. The number of ether oxygens (including phenoxy) is 2. The van der Waals surface area contributed by atoms with Crippen LogP contribution in [-0.4, -0.2) is 42.5 Å². The number of carbonyl (C=O) groups excluding carboxylic acids is 2. The van der Waals surface area contributed by atoms with E-state index in [9.17, 15) is 9.59 Å². The summed E-state index contributed by atoms with van der Waals surface area (Å²) in [6.07, 6.45) is 7.55. The Morgan fingerprint density at radius 1 is 0.971 bits per heavy atom. The van der Waals surface area contributed by atoms with Crippen molar-refractivity contribution in [3.63, 3.8) is 0 Å². The number of fused-ring (bicyclic) bond motifs is 4. The van der Waals surface area contributed by atoms with E-state index in [1.165, 1.54) is 12.8 Å². The van der Waals surface area contributed by atoms with Gasteiger partial charge in [0.25, 0.3) is 5.91 Å². The Hall–Kier alpha value is -3.02. The third kappa shape index (κ3) is 4.51. The molecule has 0 spiro atoms. The molecule has 2 amide bonds. The third-order valence-corrected chi connectivity index (χ3v) is 7.67. The lowest BCUT2D eigenvalue weighted by Gasteiger charge is -2.45. The number of hydrogen-bond acceptors (Lipinski definition) is 4. The standard InChI is InChI=1S/C29H36N2O4/c1-3-34-24-17-19-15-16-31-27(23(19)18-25(24)35-4-2)26(21-13-9-10-14-22(21)29(31)33)28(32)30-20-11-7-5-6-8-12-20/h9-10,13-14,17-18,20,26-27H,3-8,11-12,15-16H2,1-2H3,(H,30,32). The maximum absolute atomic E-state index is 14.0. The number of rotatable bonds is 6. The van der Waals surface area contributed by atoms with E-state index in [4.69, 9.17) is 9.47 Å². The second kappa shape index (κ2) is 10.3. The summed E-state index contributed by atoms with van der Waals surface area (Å²) in [6.45, 7) is 5.55. The third-order valence-electron chi connectivity index (χ3n) is 7.67. The fourth-order valence-electron chi connectivity index (χ4n) is 6.07. The van der Waals surface area contributed by atoms with Crippen LogP contribution in [0.5, 0.6) is 11.5 Å². The minimum absolute atomic E-state index is 0.00149. The Morgan fingerprint density at radius 2 is 1.66 bits per heavy atom. The van der Waals surface area contributed by atoms with Gasteiger partial charge < -0.3 is 19.7 Å². The molecule has 35 heavy (non-hydrogen) atoms. The van der Waals surface area contributed by atoms with Crippen LogP contribution in [0.2, 0.25) is 0 Å². The molecular weight excluding hydrogens is 440 g/mol. The molecule has 3 aliphatic rings. The summed E-state index contributed by atoms with van der Waals surface area (Å²) in [5, 5.41) is 3.39. The van der Waals surface area contributed by atoms with Gasteiger partial charge in [0, 0.05) is 18.2 Å². The van der Waals surface area contributed by atoms with Crippen LogP contribution in [-0.2, 0) is 11.2 Å². The molecule has 2 aliphatic heterocycles. The van der Waals surface area contributed by atoms with Gasteiger partial charge in [-0.2, -0.15) is 0 Å². The highest BCUT2D eigenvalue weighted by molar-refractivity contribution is 6.01. The minimum atomic E-state index is -0.460. The molecule has 2 aromatic rings. The van der Waals surface area contributed by atoms with E-state index in [1.54, 1.807) is 0 Å². The van der Waals surface area contributed by atoms with Gasteiger partial charge in [0.1, 0.15) is 0 Å². The van der Waals surface area contributed by atoms with Gasteiger partial charge in [-0.25, -0.2) is 0 Å². The van der Waals surface area contributed by atoms with E-state index < -0.39 is 5.92 Å². The van der Waals surface area contributed by atoms with Crippen molar-refractivity contribution >= 4 is 11.8 Å². The van der Waals surface area contributed by atoms with Crippen molar-refractivity contribution < 1.29 is 19.1 Å². The monoisotopic (exact) mass is 476 g/mol. The number of benzene rings is 2. The average Bonchev–Trinajstić information content (AvgIpc) is 3.13. The van der Waals surface area contributed by atoms with Crippen LogP contribution in [0.25, 0.3) is 0 Å². The second-order valence-electron chi connectivity index (χ2n) is 9.82. The van der Waals surface area contributed by atoms with Crippen LogP contribution in [0, 0.1) is 0 Å². The fraction of sp³-hybridized carbons (Fsp3) is 0.517. The van der Waals surface area contributed by atoms with Gasteiger partial charge in [-0.05, 0) is 68.0 Å². The van der Waals surface area contributed by atoms with Gasteiger partial charge in [0.15, 0.2) is 11.5 Å². The predicted molar refractivity (Wildman–Crippen MR) is 135 cm³/mol. The molecule has 1 N–H and O–H groups in total. The normalized spacial score (nSPS) is 21.9. The lowest BCUT2D eigenvalue weighted by Crippen LogP contribution is -2.51. The molecule has 2 heterocycles. The summed E-state index contributed by atoms with van der Waals surface area (Å²) in [5.41, 5.74) is 3.58. The smallest absolute Gasteiger partial charge is 0.254 e. The second-order valence-corrected chi connectivity index (χ2v) is 9.82. The number of hydrogen-bond donors (Lipinski definition) is 1. The van der Waals surface area contributed by atoms with Crippen molar-refractivity contribution in [1.29, 1.82) is 0 Å².